The smallest absolute Gasteiger partial charge is 0.506 e. The molecule has 6 rings (SSSR count). The summed E-state index contributed by atoms with van der Waals surface area (Å²) in [4.78, 5) is 20.1. The molecule has 234 valence electrons. The molecule has 14 nitrogen and oxygen atoms in total. The van der Waals surface area contributed by atoms with Crippen molar-refractivity contribution in [1.82, 2.24) is 0 Å². The molecule has 16 heteroatoms. The number of phenols is 4. The van der Waals surface area contributed by atoms with E-state index in [0.29, 0.717) is 10.8 Å². The van der Waals surface area contributed by atoms with Gasteiger partial charge in [-0.05, 0) is 35.0 Å². The molecule has 0 bridgehead atoms. The van der Waals surface area contributed by atoms with Gasteiger partial charge in [0, 0.05) is 40.3 Å². The zero-order valence-corrected chi connectivity index (χ0v) is 26.2. The Morgan fingerprint density at radius 2 is 0.854 bits per heavy atom. The van der Waals surface area contributed by atoms with Crippen LogP contribution in [0.2, 0.25) is 0 Å². The van der Waals surface area contributed by atoms with Gasteiger partial charge >= 0.3 is 18.9 Å². The number of azo groups is 2. The quantitative estimate of drug-likeness (QED) is 0.0692. The number of rotatable bonds is 6. The Kier molecular flexibility index (Phi) is 12.3. The molecule has 0 saturated heterocycles. The van der Waals surface area contributed by atoms with Gasteiger partial charge in [-0.15, -0.1) is 20.5 Å². The molecule has 0 spiro atoms. The fourth-order valence-electron chi connectivity index (χ4n) is 4.33. The minimum Gasteiger partial charge on any atom is -0.506 e. The van der Waals surface area contributed by atoms with Crippen LogP contribution in [0.3, 0.4) is 0 Å². The molecule has 0 heterocycles. The van der Waals surface area contributed by atoms with E-state index >= 15 is 0 Å². The molecular weight excluding hydrogens is 655 g/mol. The summed E-state index contributed by atoms with van der Waals surface area (Å²) in [7, 11) is 0. The van der Waals surface area contributed by atoms with Crippen LogP contribution in [0.5, 0.6) is 23.0 Å². The maximum absolute atomic E-state index is 10.6. The van der Waals surface area contributed by atoms with Gasteiger partial charge in [0.25, 0.3) is 11.4 Å². The van der Waals surface area contributed by atoms with Gasteiger partial charge in [0.1, 0.15) is 45.7 Å². The standard InChI is InChI=1S/2C16H11N3O4.Cr.Li/c2*20-14-8-5-10-3-1-2-4-12(10)16(14)18-17-13-7-6-11(19(22)23)9-15(13)21;;/h2*1-9,20-21H;;/q;;;+1. The van der Waals surface area contributed by atoms with Crippen molar-refractivity contribution in [2.45, 2.75) is 0 Å². The molecule has 4 N–H and O–H groups in total. The molecule has 0 atom stereocenters. The summed E-state index contributed by atoms with van der Waals surface area (Å²) < 4.78 is 0. The summed E-state index contributed by atoms with van der Waals surface area (Å²) >= 11 is 0. The van der Waals surface area contributed by atoms with Gasteiger partial charge in [-0.2, -0.15) is 0 Å². The maximum Gasteiger partial charge on any atom is 1.00 e. The minimum atomic E-state index is -0.614. The van der Waals surface area contributed by atoms with Crippen LogP contribution in [0.1, 0.15) is 0 Å². The van der Waals surface area contributed by atoms with Gasteiger partial charge in [0.2, 0.25) is 0 Å². The van der Waals surface area contributed by atoms with Gasteiger partial charge in [-0.1, -0.05) is 60.7 Å². The molecule has 48 heavy (non-hydrogen) atoms. The summed E-state index contributed by atoms with van der Waals surface area (Å²) in [5.74, 6) is -0.812. The van der Waals surface area contributed by atoms with E-state index in [-0.39, 0.29) is 93.3 Å². The normalized spacial score (nSPS) is 10.7. The van der Waals surface area contributed by atoms with Crippen LogP contribution in [0.15, 0.2) is 130 Å². The van der Waals surface area contributed by atoms with Gasteiger partial charge < -0.3 is 20.4 Å². The van der Waals surface area contributed by atoms with E-state index in [1.165, 1.54) is 36.4 Å². The van der Waals surface area contributed by atoms with Crippen LogP contribution < -0.4 is 18.9 Å². The number of hydrogen-bond donors (Lipinski definition) is 4. The third kappa shape index (κ3) is 8.30. The van der Waals surface area contributed by atoms with Gasteiger partial charge in [0.15, 0.2) is 0 Å². The minimum absolute atomic E-state index is 0. The first-order valence-corrected chi connectivity index (χ1v) is 13.3. The Hall–Kier alpha value is -5.83. The Morgan fingerprint density at radius 1 is 0.479 bits per heavy atom. The van der Waals surface area contributed by atoms with Crippen molar-refractivity contribution in [3.05, 3.63) is 129 Å². The molecule has 0 aliphatic carbocycles. The molecule has 0 radical (unpaired) electrons. The van der Waals surface area contributed by atoms with E-state index in [1.54, 1.807) is 24.3 Å². The fraction of sp³-hybridized carbons (Fsp3) is 0. The summed E-state index contributed by atoms with van der Waals surface area (Å²) in [6, 6.07) is 28.2. The molecule has 0 aliphatic rings. The average molecular weight is 677 g/mol. The predicted molar refractivity (Wildman–Crippen MR) is 169 cm³/mol. The number of aromatic hydroxyl groups is 4. The van der Waals surface area contributed by atoms with Gasteiger partial charge in [0.05, 0.1) is 22.0 Å². The third-order valence-electron chi connectivity index (χ3n) is 6.61. The van der Waals surface area contributed by atoms with Crippen molar-refractivity contribution in [2.24, 2.45) is 20.5 Å². The summed E-state index contributed by atoms with van der Waals surface area (Å²) in [5.41, 5.74) is 0.191. The van der Waals surface area contributed by atoms with Crippen molar-refractivity contribution < 1.29 is 66.5 Å². The van der Waals surface area contributed by atoms with Crippen molar-refractivity contribution in [1.29, 1.82) is 0 Å². The van der Waals surface area contributed by atoms with E-state index in [2.05, 4.69) is 20.5 Å². The van der Waals surface area contributed by atoms with E-state index in [4.69, 9.17) is 0 Å². The zero-order chi connectivity index (χ0) is 32.8. The Balaban J connectivity index is 0.000000250. The average Bonchev–Trinajstić information content (AvgIpc) is 3.05. The molecule has 0 fully saturated rings. The van der Waals surface area contributed by atoms with Crippen LogP contribution in [-0.4, -0.2) is 30.3 Å². The van der Waals surface area contributed by atoms with Crippen LogP contribution in [0.4, 0.5) is 34.1 Å². The SMILES string of the molecule is O=[N+]([O-])c1ccc(N=Nc2c(O)ccc3ccccc23)c(O)c1.O=[N+]([O-])c1ccc(N=Nc2c(O)ccc3ccccc23)c(O)c1.[Cr].[Li+]. The third-order valence-corrected chi connectivity index (χ3v) is 6.61. The maximum atomic E-state index is 10.6. The van der Waals surface area contributed by atoms with Crippen LogP contribution >= 0.6 is 0 Å². The number of nitro benzene ring substituents is 2. The molecule has 6 aromatic carbocycles. The first-order valence-electron chi connectivity index (χ1n) is 13.3. The summed E-state index contributed by atoms with van der Waals surface area (Å²) in [6.45, 7) is 0. The molecular formula is C32H22CrLiN6O8+. The number of nitrogens with zero attached hydrogens (tertiary/aromatic N) is 6. The first-order chi connectivity index (χ1) is 22.1. The number of fused-ring (bicyclic) bond motifs is 2. The zero-order valence-electron chi connectivity index (χ0n) is 24.9. The Bertz CT molecular complexity index is 2040. The van der Waals surface area contributed by atoms with Crippen molar-refractivity contribution in [3.63, 3.8) is 0 Å². The topological polar surface area (TPSA) is 217 Å². The molecule has 6 aromatic rings. The number of nitro groups is 2. The van der Waals surface area contributed by atoms with Crippen LogP contribution in [-0.2, 0) is 17.4 Å². The van der Waals surface area contributed by atoms with E-state index < -0.39 is 9.85 Å². The molecule has 0 aromatic heterocycles. The largest absolute Gasteiger partial charge is 1.00 e. The van der Waals surface area contributed by atoms with E-state index in [9.17, 15) is 40.7 Å². The molecule has 0 unspecified atom stereocenters. The summed E-state index contributed by atoms with van der Waals surface area (Å²) in [5, 5.41) is 79.7. The first kappa shape index (κ1) is 36.6. The second kappa shape index (κ2) is 16.1. The second-order valence-corrected chi connectivity index (χ2v) is 9.57. The molecule has 0 amide bonds. The van der Waals surface area contributed by atoms with Crippen molar-refractivity contribution in [2.75, 3.05) is 0 Å². The van der Waals surface area contributed by atoms with Crippen molar-refractivity contribution >= 4 is 55.7 Å². The van der Waals surface area contributed by atoms with E-state index in [1.807, 2.05) is 36.4 Å². The van der Waals surface area contributed by atoms with Gasteiger partial charge in [-0.25, -0.2) is 0 Å². The molecule has 0 saturated carbocycles. The van der Waals surface area contributed by atoms with Crippen molar-refractivity contribution in [3.8, 4) is 23.0 Å². The fourth-order valence-corrected chi connectivity index (χ4v) is 4.33. The number of benzene rings is 6. The Morgan fingerprint density at radius 3 is 1.21 bits per heavy atom. The van der Waals surface area contributed by atoms with E-state index in [0.717, 1.165) is 22.9 Å². The van der Waals surface area contributed by atoms with Crippen LogP contribution in [0.25, 0.3) is 21.5 Å². The summed E-state index contributed by atoms with van der Waals surface area (Å²) in [6.07, 6.45) is 0. The number of phenolic OH excluding ortho intramolecular Hbond substituents is 4. The predicted octanol–water partition coefficient (Wildman–Crippen LogP) is 6.15. The van der Waals surface area contributed by atoms with Crippen LogP contribution in [0, 0.1) is 20.2 Å². The monoisotopic (exact) mass is 677 g/mol. The van der Waals surface area contributed by atoms with Gasteiger partial charge in [-0.3, -0.25) is 20.2 Å². The molecule has 0 aliphatic heterocycles. The Labute approximate surface area is 294 Å². The number of hydrogen-bond acceptors (Lipinski definition) is 12. The second-order valence-electron chi connectivity index (χ2n) is 9.57. The number of non-ortho nitro benzene ring substituents is 2.